The summed E-state index contributed by atoms with van der Waals surface area (Å²) in [6.45, 7) is 2.08. The molecule has 174 valence electrons. The van der Waals surface area contributed by atoms with E-state index in [1.807, 2.05) is 54.6 Å². The van der Waals surface area contributed by atoms with Crippen LogP contribution in [0.3, 0.4) is 0 Å². The van der Waals surface area contributed by atoms with E-state index in [9.17, 15) is 4.79 Å². The molecule has 0 spiro atoms. The quantitative estimate of drug-likeness (QED) is 0.429. The van der Waals surface area contributed by atoms with Crippen molar-refractivity contribution in [3.8, 4) is 0 Å². The molecule has 0 saturated carbocycles. The van der Waals surface area contributed by atoms with Crippen molar-refractivity contribution in [1.82, 2.24) is 10.6 Å². The van der Waals surface area contributed by atoms with Gasteiger partial charge in [0.1, 0.15) is 0 Å². The van der Waals surface area contributed by atoms with Crippen LogP contribution < -0.4 is 15.5 Å². The van der Waals surface area contributed by atoms with Crippen molar-refractivity contribution < 1.29 is 4.79 Å². The van der Waals surface area contributed by atoms with Crippen LogP contribution in [0.5, 0.6) is 0 Å². The Morgan fingerprint density at radius 1 is 1.06 bits per heavy atom. The Labute approximate surface area is 214 Å². The first-order valence-electron chi connectivity index (χ1n) is 10.9. The lowest BCUT2D eigenvalue weighted by atomic mass is 10.00. The lowest BCUT2D eigenvalue weighted by molar-refractivity contribution is -0.119. The predicted octanol–water partition coefficient (Wildman–Crippen LogP) is 5.75. The van der Waals surface area contributed by atoms with Gasteiger partial charge in [-0.2, -0.15) is 0 Å². The molecule has 34 heavy (non-hydrogen) atoms. The van der Waals surface area contributed by atoms with Crippen LogP contribution in [0.25, 0.3) is 0 Å². The highest BCUT2D eigenvalue weighted by atomic mass is 35.5. The fourth-order valence-electron chi connectivity index (χ4n) is 3.94. The third-order valence-corrected chi connectivity index (χ3v) is 6.51. The van der Waals surface area contributed by atoms with Gasteiger partial charge in [0.05, 0.1) is 17.4 Å². The van der Waals surface area contributed by atoms with Crippen molar-refractivity contribution in [2.24, 2.45) is 4.99 Å². The Kier molecular flexibility index (Phi) is 7.51. The molecule has 0 fully saturated rings. The highest BCUT2D eigenvalue weighted by molar-refractivity contribution is 7.80. The van der Waals surface area contributed by atoms with E-state index in [1.54, 1.807) is 30.1 Å². The number of hydrogen-bond donors (Lipinski definition) is 2. The van der Waals surface area contributed by atoms with Crippen molar-refractivity contribution in [2.75, 3.05) is 11.9 Å². The summed E-state index contributed by atoms with van der Waals surface area (Å²) < 4.78 is 0. The van der Waals surface area contributed by atoms with Crippen molar-refractivity contribution >= 4 is 57.8 Å². The van der Waals surface area contributed by atoms with Crippen molar-refractivity contribution in [3.63, 3.8) is 0 Å². The molecule has 1 aliphatic heterocycles. The summed E-state index contributed by atoms with van der Waals surface area (Å²) in [6.07, 6.45) is -0.127. The zero-order valence-corrected chi connectivity index (χ0v) is 21.1. The van der Waals surface area contributed by atoms with Gasteiger partial charge in [0.15, 0.2) is 5.11 Å². The van der Waals surface area contributed by atoms with Gasteiger partial charge >= 0.3 is 0 Å². The fourth-order valence-corrected chi connectivity index (χ4v) is 4.59. The lowest BCUT2D eigenvalue weighted by Crippen LogP contribution is -2.49. The number of halogens is 2. The van der Waals surface area contributed by atoms with Gasteiger partial charge in [0.2, 0.25) is 6.17 Å². The zero-order valence-electron chi connectivity index (χ0n) is 18.8. The SMILES string of the molecule is CCC(NC(=S)NC1N=C(c2ccccc2Cl)c2cc(Cl)ccc2N(C)C1=O)c1ccccc1. The number of benzodiazepines with no additional fused rings is 1. The first-order valence-corrected chi connectivity index (χ1v) is 12.1. The molecule has 2 unspecified atom stereocenters. The average Bonchev–Trinajstić information content (AvgIpc) is 2.94. The zero-order chi connectivity index (χ0) is 24.2. The number of carbonyl (C=O) groups is 1. The minimum absolute atomic E-state index is 0.00262. The van der Waals surface area contributed by atoms with Crippen LogP contribution in [0.2, 0.25) is 10.0 Å². The number of benzene rings is 3. The summed E-state index contributed by atoms with van der Waals surface area (Å²) in [5, 5.41) is 7.83. The maximum absolute atomic E-state index is 13.4. The molecule has 0 saturated heterocycles. The molecule has 2 atom stereocenters. The van der Waals surface area contributed by atoms with E-state index in [2.05, 4.69) is 17.6 Å². The second-order valence-electron chi connectivity index (χ2n) is 7.91. The Bertz CT molecular complexity index is 1250. The summed E-state index contributed by atoms with van der Waals surface area (Å²) in [4.78, 5) is 19.8. The molecular weight excluding hydrogens is 487 g/mol. The maximum atomic E-state index is 13.4. The van der Waals surface area contributed by atoms with Crippen LogP contribution >= 0.6 is 35.4 Å². The highest BCUT2D eigenvalue weighted by Crippen LogP contribution is 2.31. The van der Waals surface area contributed by atoms with E-state index in [0.29, 0.717) is 32.1 Å². The summed E-state index contributed by atoms with van der Waals surface area (Å²) in [5.74, 6) is -0.248. The number of aliphatic imine (C=N–C) groups is 1. The predicted molar refractivity (Wildman–Crippen MR) is 144 cm³/mol. The molecular formula is C26H24Cl2N4OS. The minimum atomic E-state index is -0.948. The molecule has 3 aromatic rings. The number of rotatable bonds is 5. The van der Waals surface area contributed by atoms with Crippen LogP contribution in [-0.4, -0.2) is 29.9 Å². The third-order valence-electron chi connectivity index (χ3n) is 5.71. The highest BCUT2D eigenvalue weighted by Gasteiger charge is 2.31. The van der Waals surface area contributed by atoms with Crippen molar-refractivity contribution in [3.05, 3.63) is 99.5 Å². The number of hydrogen-bond acceptors (Lipinski definition) is 3. The Hall–Kier alpha value is -2.93. The first-order chi connectivity index (χ1) is 16.4. The summed E-state index contributed by atoms with van der Waals surface area (Å²) in [6, 6.07) is 22.8. The molecule has 5 nitrogen and oxygen atoms in total. The van der Waals surface area contributed by atoms with Gasteiger partial charge in [-0.1, -0.05) is 78.7 Å². The van der Waals surface area contributed by atoms with E-state index in [4.69, 9.17) is 40.4 Å². The van der Waals surface area contributed by atoms with E-state index < -0.39 is 6.17 Å². The number of nitrogens with one attached hydrogen (secondary N) is 2. The van der Waals surface area contributed by atoms with Crippen LogP contribution in [-0.2, 0) is 4.79 Å². The monoisotopic (exact) mass is 510 g/mol. The smallest absolute Gasteiger partial charge is 0.272 e. The largest absolute Gasteiger partial charge is 0.356 e. The number of anilines is 1. The second-order valence-corrected chi connectivity index (χ2v) is 9.16. The summed E-state index contributed by atoms with van der Waals surface area (Å²) in [5.41, 5.74) is 3.79. The molecule has 8 heteroatoms. The van der Waals surface area contributed by atoms with Crippen molar-refractivity contribution in [1.29, 1.82) is 0 Å². The van der Waals surface area contributed by atoms with Gasteiger partial charge in [0, 0.05) is 28.2 Å². The van der Waals surface area contributed by atoms with E-state index in [0.717, 1.165) is 17.5 Å². The minimum Gasteiger partial charge on any atom is -0.356 e. The number of fused-ring (bicyclic) bond motifs is 1. The number of carbonyl (C=O) groups excluding carboxylic acids is 1. The van der Waals surface area contributed by atoms with Gasteiger partial charge in [-0.15, -0.1) is 0 Å². The normalized spacial score (nSPS) is 16.2. The van der Waals surface area contributed by atoms with Crippen LogP contribution in [0.1, 0.15) is 36.1 Å². The second kappa shape index (κ2) is 10.6. The lowest BCUT2D eigenvalue weighted by Gasteiger charge is -2.24. The van der Waals surface area contributed by atoms with E-state index in [1.165, 1.54) is 0 Å². The number of thiocarbonyl (C=S) groups is 1. The summed E-state index contributed by atoms with van der Waals surface area (Å²) in [7, 11) is 1.71. The molecule has 3 aromatic carbocycles. The molecule has 0 radical (unpaired) electrons. The summed E-state index contributed by atoms with van der Waals surface area (Å²) >= 11 is 18.4. The molecule has 1 aliphatic rings. The number of likely N-dealkylation sites (N-methyl/N-ethyl adjacent to an activating group) is 1. The standard InChI is InChI=1S/C26H24Cl2N4OS/c1-3-21(16-9-5-4-6-10-16)29-26(34)31-24-25(33)32(2)22-14-13-17(27)15-19(22)23(30-24)18-11-7-8-12-20(18)28/h4-15,21,24H,3H2,1-2H3,(H2,29,31,34). The van der Waals surface area contributed by atoms with Gasteiger partial charge in [-0.3, -0.25) is 4.79 Å². The van der Waals surface area contributed by atoms with Gasteiger partial charge in [-0.25, -0.2) is 4.99 Å². The average molecular weight is 511 g/mol. The molecule has 2 N–H and O–H groups in total. The Balaban J connectivity index is 1.70. The van der Waals surface area contributed by atoms with E-state index in [-0.39, 0.29) is 11.9 Å². The molecule has 4 rings (SSSR count). The Morgan fingerprint density at radius 2 is 1.76 bits per heavy atom. The van der Waals surface area contributed by atoms with Crippen LogP contribution in [0.4, 0.5) is 5.69 Å². The molecule has 0 bridgehead atoms. The molecule has 1 heterocycles. The maximum Gasteiger partial charge on any atom is 0.272 e. The molecule has 1 amide bonds. The topological polar surface area (TPSA) is 56.7 Å². The fraction of sp³-hybridized carbons (Fsp3) is 0.192. The molecule has 0 aromatic heterocycles. The van der Waals surface area contributed by atoms with Crippen LogP contribution in [0.15, 0.2) is 77.8 Å². The first kappa shape index (κ1) is 24.2. The number of amides is 1. The molecule has 0 aliphatic carbocycles. The van der Waals surface area contributed by atoms with Gasteiger partial charge in [0.25, 0.3) is 5.91 Å². The van der Waals surface area contributed by atoms with Crippen molar-refractivity contribution in [2.45, 2.75) is 25.6 Å². The third kappa shape index (κ3) is 5.09. The van der Waals surface area contributed by atoms with Gasteiger partial charge in [-0.05, 0) is 48.5 Å². The van der Waals surface area contributed by atoms with E-state index >= 15 is 0 Å². The Morgan fingerprint density at radius 3 is 2.47 bits per heavy atom. The van der Waals surface area contributed by atoms with Crippen LogP contribution in [0, 0.1) is 0 Å². The number of nitrogens with zero attached hydrogens (tertiary/aromatic N) is 2. The van der Waals surface area contributed by atoms with Gasteiger partial charge < -0.3 is 15.5 Å².